The second-order valence-corrected chi connectivity index (χ2v) is 8.33. The smallest absolute Gasteiger partial charge is 0.255 e. The van der Waals surface area contributed by atoms with Crippen LogP contribution in [-0.4, -0.2) is 31.7 Å². The Balaban J connectivity index is 0.00000261. The number of nitrogen functional groups attached to an aromatic ring is 1. The molecule has 1 aliphatic rings. The number of benzene rings is 2. The molecular formula is C19H24ClN3O3S. The lowest BCUT2D eigenvalue weighted by atomic mass is 10.2. The molecule has 6 nitrogen and oxygen atoms in total. The molecule has 1 fully saturated rings. The highest BCUT2D eigenvalue weighted by Crippen LogP contribution is 2.22. The van der Waals surface area contributed by atoms with Gasteiger partial charge in [-0.25, -0.2) is 8.42 Å². The van der Waals surface area contributed by atoms with E-state index in [0.29, 0.717) is 24.5 Å². The number of nitrogens with one attached hydrogen (secondary N) is 1. The first-order valence-corrected chi connectivity index (χ1v) is 10.2. The van der Waals surface area contributed by atoms with Crippen molar-refractivity contribution in [3.8, 4) is 0 Å². The Morgan fingerprint density at radius 3 is 2.30 bits per heavy atom. The van der Waals surface area contributed by atoms with Crippen LogP contribution in [0.15, 0.2) is 53.4 Å². The molecule has 3 rings (SSSR count). The van der Waals surface area contributed by atoms with Crippen LogP contribution in [0.4, 0.5) is 11.4 Å². The number of para-hydroxylation sites is 2. The fourth-order valence-corrected chi connectivity index (χ4v) is 4.60. The Kier molecular flexibility index (Phi) is 7.24. The summed E-state index contributed by atoms with van der Waals surface area (Å²) in [6.07, 6.45) is 3.83. The number of nitrogens with zero attached hydrogens (tertiary/aromatic N) is 1. The number of hydrogen-bond acceptors (Lipinski definition) is 4. The summed E-state index contributed by atoms with van der Waals surface area (Å²) in [6.45, 7) is 1.05. The first kappa shape index (κ1) is 21.2. The summed E-state index contributed by atoms with van der Waals surface area (Å²) >= 11 is 0. The number of anilines is 2. The van der Waals surface area contributed by atoms with E-state index in [1.807, 2.05) is 0 Å². The maximum Gasteiger partial charge on any atom is 0.255 e. The maximum atomic E-state index is 12.9. The minimum atomic E-state index is -3.59. The lowest BCUT2D eigenvalue weighted by Crippen LogP contribution is -2.32. The second-order valence-electron chi connectivity index (χ2n) is 6.39. The van der Waals surface area contributed by atoms with Crippen LogP contribution in [0.3, 0.4) is 0 Å². The number of rotatable bonds is 4. The molecule has 0 aliphatic carbocycles. The van der Waals surface area contributed by atoms with Crippen LogP contribution < -0.4 is 11.1 Å². The molecule has 3 N–H and O–H groups in total. The van der Waals surface area contributed by atoms with Gasteiger partial charge < -0.3 is 11.1 Å². The van der Waals surface area contributed by atoms with E-state index in [1.54, 1.807) is 36.4 Å². The highest BCUT2D eigenvalue weighted by atomic mass is 35.5. The molecule has 0 spiro atoms. The molecule has 0 atom stereocenters. The van der Waals surface area contributed by atoms with E-state index >= 15 is 0 Å². The van der Waals surface area contributed by atoms with Gasteiger partial charge in [-0.3, -0.25) is 4.79 Å². The van der Waals surface area contributed by atoms with Gasteiger partial charge in [-0.2, -0.15) is 4.31 Å². The molecular weight excluding hydrogens is 386 g/mol. The average Bonchev–Trinajstić information content (AvgIpc) is 2.94. The van der Waals surface area contributed by atoms with Crippen LogP contribution in [0.25, 0.3) is 0 Å². The molecule has 1 aliphatic heterocycles. The minimum absolute atomic E-state index is 0. The number of sulfonamides is 1. The SMILES string of the molecule is Cl.Nc1ccccc1NC(=O)c1cccc(S(=O)(=O)N2CCCCCC2)c1. The van der Waals surface area contributed by atoms with Crippen LogP contribution >= 0.6 is 12.4 Å². The normalized spacial score (nSPS) is 15.4. The van der Waals surface area contributed by atoms with Crippen LogP contribution in [0.5, 0.6) is 0 Å². The molecule has 27 heavy (non-hydrogen) atoms. The lowest BCUT2D eigenvalue weighted by molar-refractivity contribution is 0.102. The van der Waals surface area contributed by atoms with Crippen molar-refractivity contribution in [2.24, 2.45) is 0 Å². The van der Waals surface area contributed by atoms with Crippen molar-refractivity contribution in [1.82, 2.24) is 4.31 Å². The van der Waals surface area contributed by atoms with Crippen LogP contribution in [0, 0.1) is 0 Å². The summed E-state index contributed by atoms with van der Waals surface area (Å²) in [5.74, 6) is -0.393. The maximum absolute atomic E-state index is 12.9. The molecule has 1 amide bonds. The Labute approximate surface area is 166 Å². The summed E-state index contributed by atoms with van der Waals surface area (Å²) in [7, 11) is -3.59. The van der Waals surface area contributed by atoms with Crippen LogP contribution in [0.1, 0.15) is 36.0 Å². The zero-order valence-corrected chi connectivity index (χ0v) is 16.6. The standard InChI is InChI=1S/C19H23N3O3S.ClH/c20-17-10-3-4-11-18(17)21-19(23)15-8-7-9-16(14-15)26(24,25)22-12-5-1-2-6-13-22;/h3-4,7-11,14H,1-2,5-6,12-13,20H2,(H,21,23);1H. The number of halogens is 1. The van der Waals surface area contributed by atoms with Crippen LogP contribution in [-0.2, 0) is 10.0 Å². The van der Waals surface area contributed by atoms with Crippen molar-refractivity contribution in [1.29, 1.82) is 0 Å². The molecule has 0 saturated carbocycles. The third kappa shape index (κ3) is 5.00. The molecule has 0 unspecified atom stereocenters. The minimum Gasteiger partial charge on any atom is -0.397 e. The van der Waals surface area contributed by atoms with Gasteiger partial charge in [0.15, 0.2) is 0 Å². The van der Waals surface area contributed by atoms with Gasteiger partial charge in [-0.15, -0.1) is 12.4 Å². The van der Waals surface area contributed by atoms with Crippen molar-refractivity contribution >= 4 is 39.7 Å². The third-order valence-corrected chi connectivity index (χ3v) is 6.40. The predicted octanol–water partition coefficient (Wildman–Crippen LogP) is 3.51. The molecule has 0 bridgehead atoms. The summed E-state index contributed by atoms with van der Waals surface area (Å²) < 4.78 is 27.3. The van der Waals surface area contributed by atoms with Crippen molar-refractivity contribution in [2.75, 3.05) is 24.1 Å². The molecule has 1 saturated heterocycles. The monoisotopic (exact) mass is 409 g/mol. The number of amides is 1. The van der Waals surface area contributed by atoms with E-state index < -0.39 is 15.9 Å². The zero-order chi connectivity index (χ0) is 18.6. The van der Waals surface area contributed by atoms with E-state index in [1.165, 1.54) is 16.4 Å². The Hall–Kier alpha value is -2.09. The molecule has 2 aromatic carbocycles. The van der Waals surface area contributed by atoms with Gasteiger partial charge in [0, 0.05) is 18.7 Å². The van der Waals surface area contributed by atoms with Gasteiger partial charge in [0.05, 0.1) is 16.3 Å². The topological polar surface area (TPSA) is 92.5 Å². The highest BCUT2D eigenvalue weighted by Gasteiger charge is 2.25. The highest BCUT2D eigenvalue weighted by molar-refractivity contribution is 7.89. The molecule has 0 radical (unpaired) electrons. The first-order chi connectivity index (χ1) is 12.5. The average molecular weight is 410 g/mol. The Morgan fingerprint density at radius 1 is 0.963 bits per heavy atom. The molecule has 146 valence electrons. The number of carbonyl (C=O) groups excluding carboxylic acids is 1. The molecule has 0 aromatic heterocycles. The van der Waals surface area contributed by atoms with Gasteiger partial charge in [-0.1, -0.05) is 31.0 Å². The fourth-order valence-electron chi connectivity index (χ4n) is 3.03. The van der Waals surface area contributed by atoms with Gasteiger partial charge in [0.1, 0.15) is 0 Å². The van der Waals surface area contributed by atoms with Crippen molar-refractivity contribution in [3.05, 3.63) is 54.1 Å². The summed E-state index contributed by atoms with van der Waals surface area (Å²) in [4.78, 5) is 12.6. The van der Waals surface area contributed by atoms with Gasteiger partial charge >= 0.3 is 0 Å². The summed E-state index contributed by atoms with van der Waals surface area (Å²) in [6, 6.07) is 13.1. The van der Waals surface area contributed by atoms with E-state index in [9.17, 15) is 13.2 Å². The second kappa shape index (κ2) is 9.21. The van der Waals surface area contributed by atoms with Gasteiger partial charge in [0.25, 0.3) is 5.91 Å². The Bertz CT molecular complexity index is 895. The molecule has 8 heteroatoms. The quantitative estimate of drug-likeness (QED) is 0.755. The van der Waals surface area contributed by atoms with E-state index in [2.05, 4.69) is 5.32 Å². The Morgan fingerprint density at radius 2 is 1.63 bits per heavy atom. The van der Waals surface area contributed by atoms with Crippen molar-refractivity contribution in [3.63, 3.8) is 0 Å². The number of hydrogen-bond donors (Lipinski definition) is 2. The third-order valence-electron chi connectivity index (χ3n) is 4.51. The number of carbonyl (C=O) groups is 1. The zero-order valence-electron chi connectivity index (χ0n) is 14.9. The van der Waals surface area contributed by atoms with Gasteiger partial charge in [-0.05, 0) is 43.2 Å². The van der Waals surface area contributed by atoms with E-state index in [-0.39, 0.29) is 22.9 Å². The lowest BCUT2D eigenvalue weighted by Gasteiger charge is -2.20. The van der Waals surface area contributed by atoms with Crippen molar-refractivity contribution < 1.29 is 13.2 Å². The summed E-state index contributed by atoms with van der Waals surface area (Å²) in [5.41, 5.74) is 7.07. The van der Waals surface area contributed by atoms with Gasteiger partial charge in [0.2, 0.25) is 10.0 Å². The predicted molar refractivity (Wildman–Crippen MR) is 110 cm³/mol. The largest absolute Gasteiger partial charge is 0.397 e. The first-order valence-electron chi connectivity index (χ1n) is 8.74. The summed E-state index contributed by atoms with van der Waals surface area (Å²) in [5, 5.41) is 2.72. The fraction of sp³-hybridized carbons (Fsp3) is 0.316. The van der Waals surface area contributed by atoms with Crippen LogP contribution in [0.2, 0.25) is 0 Å². The van der Waals surface area contributed by atoms with Crippen molar-refractivity contribution in [2.45, 2.75) is 30.6 Å². The molecule has 2 aromatic rings. The van der Waals surface area contributed by atoms with E-state index in [4.69, 9.17) is 5.73 Å². The molecule has 1 heterocycles. The van der Waals surface area contributed by atoms with E-state index in [0.717, 1.165) is 25.7 Å². The number of nitrogens with two attached hydrogens (primary N) is 1.